The second kappa shape index (κ2) is 7.88. The molecule has 4 rings (SSSR count). The first-order valence-corrected chi connectivity index (χ1v) is 8.94. The van der Waals surface area contributed by atoms with Crippen LogP contribution in [0, 0.1) is 11.3 Å². The molecule has 1 amide bonds. The van der Waals surface area contributed by atoms with Gasteiger partial charge in [0.25, 0.3) is 11.8 Å². The van der Waals surface area contributed by atoms with E-state index in [-0.39, 0.29) is 23.6 Å². The van der Waals surface area contributed by atoms with E-state index < -0.39 is 0 Å². The molecule has 0 unspecified atom stereocenters. The largest absolute Gasteiger partial charge is 0.470 e. The molecule has 0 saturated carbocycles. The normalized spacial score (nSPS) is 16.0. The van der Waals surface area contributed by atoms with Crippen molar-refractivity contribution in [3.8, 4) is 11.9 Å². The number of amides is 1. The lowest BCUT2D eigenvalue weighted by molar-refractivity contribution is 0.0771. The quantitative estimate of drug-likeness (QED) is 0.676. The molecule has 1 saturated heterocycles. The van der Waals surface area contributed by atoms with Crippen LogP contribution < -0.4 is 4.74 Å². The van der Waals surface area contributed by atoms with E-state index in [0.29, 0.717) is 31.6 Å². The lowest BCUT2D eigenvalue weighted by Gasteiger charge is -2.17. The predicted molar refractivity (Wildman–Crippen MR) is 99.5 cm³/mol. The van der Waals surface area contributed by atoms with Gasteiger partial charge in [0.05, 0.1) is 12.9 Å². The molecule has 1 aliphatic heterocycles. The van der Waals surface area contributed by atoms with E-state index >= 15 is 0 Å². The van der Waals surface area contributed by atoms with Crippen LogP contribution in [0.4, 0.5) is 0 Å². The van der Waals surface area contributed by atoms with Crippen LogP contribution in [0.5, 0.6) is 5.88 Å². The molecule has 0 bridgehead atoms. The second-order valence-corrected chi connectivity index (χ2v) is 6.53. The maximum Gasteiger partial charge on any atom is 0.253 e. The highest BCUT2D eigenvalue weighted by molar-refractivity contribution is 5.94. The Hall–Kier alpha value is -3.73. The zero-order valence-corrected chi connectivity index (χ0v) is 15.1. The number of benzene rings is 1. The average molecular weight is 374 g/mol. The minimum atomic E-state index is -0.201. The molecule has 1 aromatic carbocycles. The fourth-order valence-electron chi connectivity index (χ4n) is 3.18. The summed E-state index contributed by atoms with van der Waals surface area (Å²) in [6, 6.07) is 9.57. The molecule has 8 nitrogen and oxygen atoms in total. The van der Waals surface area contributed by atoms with E-state index in [2.05, 4.69) is 15.0 Å². The summed E-state index contributed by atoms with van der Waals surface area (Å²) in [5.41, 5.74) is 1.90. The molecule has 1 atom stereocenters. The number of nitrogens with zero attached hydrogens (tertiary/aromatic N) is 6. The minimum Gasteiger partial charge on any atom is -0.470 e. The zero-order chi connectivity index (χ0) is 19.3. The lowest BCUT2D eigenvalue weighted by atomic mass is 10.1. The number of aromatic nitrogens is 4. The van der Waals surface area contributed by atoms with Crippen LogP contribution in [0.2, 0.25) is 0 Å². The molecule has 0 spiro atoms. The summed E-state index contributed by atoms with van der Waals surface area (Å²) < 4.78 is 7.77. The first kappa shape index (κ1) is 17.7. The average Bonchev–Trinajstić information content (AvgIpc) is 3.41. The monoisotopic (exact) mass is 374 g/mol. The Kier molecular flexibility index (Phi) is 4.97. The molecular weight excluding hydrogens is 356 g/mol. The molecule has 3 aromatic rings. The van der Waals surface area contributed by atoms with Crippen LogP contribution in [0.3, 0.4) is 0 Å². The van der Waals surface area contributed by atoms with Crippen LogP contribution in [-0.4, -0.2) is 49.5 Å². The third-order valence-corrected chi connectivity index (χ3v) is 4.61. The van der Waals surface area contributed by atoms with Crippen LogP contribution >= 0.6 is 0 Å². The van der Waals surface area contributed by atoms with E-state index in [4.69, 9.17) is 10.00 Å². The highest BCUT2D eigenvalue weighted by Crippen LogP contribution is 2.20. The Morgan fingerprint density at radius 1 is 1.21 bits per heavy atom. The van der Waals surface area contributed by atoms with E-state index in [0.717, 1.165) is 5.56 Å². The first-order chi connectivity index (χ1) is 13.7. The topological polar surface area (TPSA) is 96.9 Å². The van der Waals surface area contributed by atoms with Gasteiger partial charge in [-0.1, -0.05) is 12.1 Å². The van der Waals surface area contributed by atoms with Crippen molar-refractivity contribution in [2.45, 2.75) is 19.1 Å². The van der Waals surface area contributed by atoms with Gasteiger partial charge < -0.3 is 14.2 Å². The van der Waals surface area contributed by atoms with E-state index in [1.807, 2.05) is 41.1 Å². The van der Waals surface area contributed by atoms with Crippen molar-refractivity contribution in [3.05, 3.63) is 72.2 Å². The van der Waals surface area contributed by atoms with Crippen molar-refractivity contribution >= 4 is 5.91 Å². The number of likely N-dealkylation sites (tertiary alicyclic amines) is 1. The summed E-state index contributed by atoms with van der Waals surface area (Å²) in [5.74, 6) is 0.188. The molecule has 8 heteroatoms. The van der Waals surface area contributed by atoms with Gasteiger partial charge in [-0.05, 0) is 17.7 Å². The Morgan fingerprint density at radius 2 is 2.04 bits per heavy atom. The number of ether oxygens (including phenoxy) is 1. The number of rotatable bonds is 5. The van der Waals surface area contributed by atoms with Gasteiger partial charge in [0.15, 0.2) is 0 Å². The maximum atomic E-state index is 12.8. The van der Waals surface area contributed by atoms with Crippen molar-refractivity contribution in [2.75, 3.05) is 13.1 Å². The summed E-state index contributed by atoms with van der Waals surface area (Å²) in [6.07, 6.45) is 8.83. The third kappa shape index (κ3) is 3.83. The van der Waals surface area contributed by atoms with Crippen LogP contribution in [0.25, 0.3) is 0 Å². The number of carbonyl (C=O) groups is 1. The number of hydrogen-bond donors (Lipinski definition) is 0. The molecule has 2 aromatic heterocycles. The summed E-state index contributed by atoms with van der Waals surface area (Å²) in [7, 11) is 0. The molecule has 1 aliphatic rings. The fourth-order valence-corrected chi connectivity index (χ4v) is 3.18. The highest BCUT2D eigenvalue weighted by atomic mass is 16.5. The lowest BCUT2D eigenvalue weighted by Crippen LogP contribution is -2.31. The van der Waals surface area contributed by atoms with Crippen molar-refractivity contribution in [2.24, 2.45) is 0 Å². The van der Waals surface area contributed by atoms with Gasteiger partial charge >= 0.3 is 0 Å². The summed E-state index contributed by atoms with van der Waals surface area (Å²) in [6.45, 7) is 1.77. The van der Waals surface area contributed by atoms with Crippen molar-refractivity contribution in [3.63, 3.8) is 0 Å². The molecule has 140 valence electrons. The van der Waals surface area contributed by atoms with E-state index in [1.165, 1.54) is 12.4 Å². The van der Waals surface area contributed by atoms with Gasteiger partial charge in [-0.25, -0.2) is 15.0 Å². The minimum absolute atomic E-state index is 0.0278. The van der Waals surface area contributed by atoms with Crippen molar-refractivity contribution in [1.82, 2.24) is 24.4 Å². The van der Waals surface area contributed by atoms with Gasteiger partial charge in [-0.15, -0.1) is 0 Å². The number of nitriles is 1. The van der Waals surface area contributed by atoms with Crippen LogP contribution in [0.1, 0.15) is 28.0 Å². The predicted octanol–water partition coefficient (Wildman–Crippen LogP) is 1.89. The summed E-state index contributed by atoms with van der Waals surface area (Å²) >= 11 is 0. The molecule has 0 aliphatic carbocycles. The fraction of sp³-hybridized carbons (Fsp3) is 0.250. The molecule has 0 radical (unpaired) electrons. The summed E-state index contributed by atoms with van der Waals surface area (Å²) in [5, 5.41) is 9.08. The first-order valence-electron chi connectivity index (χ1n) is 8.94. The Balaban J connectivity index is 1.37. The Labute approximate surface area is 162 Å². The number of hydrogen-bond acceptors (Lipinski definition) is 6. The Morgan fingerprint density at radius 3 is 2.79 bits per heavy atom. The van der Waals surface area contributed by atoms with E-state index in [1.54, 1.807) is 17.4 Å². The van der Waals surface area contributed by atoms with E-state index in [9.17, 15) is 4.79 Å². The third-order valence-electron chi connectivity index (χ3n) is 4.61. The van der Waals surface area contributed by atoms with Crippen molar-refractivity contribution < 1.29 is 9.53 Å². The summed E-state index contributed by atoms with van der Waals surface area (Å²) in [4.78, 5) is 26.6. The molecule has 1 fully saturated rings. The second-order valence-electron chi connectivity index (χ2n) is 6.53. The smallest absolute Gasteiger partial charge is 0.253 e. The van der Waals surface area contributed by atoms with Crippen molar-refractivity contribution in [1.29, 1.82) is 5.26 Å². The van der Waals surface area contributed by atoms with Crippen LogP contribution in [-0.2, 0) is 6.54 Å². The molecule has 28 heavy (non-hydrogen) atoms. The van der Waals surface area contributed by atoms with Gasteiger partial charge in [0.1, 0.15) is 12.2 Å². The number of imidazole rings is 1. The van der Waals surface area contributed by atoms with Gasteiger partial charge in [-0.2, -0.15) is 5.26 Å². The maximum absolute atomic E-state index is 12.8. The molecule has 0 N–H and O–H groups in total. The number of carbonyl (C=O) groups excluding carboxylic acids is 1. The van der Waals surface area contributed by atoms with Crippen LogP contribution in [0.15, 0.2) is 55.4 Å². The SMILES string of the molecule is N#Cc1nccnc1O[C@H]1CCN(C(=O)c2ccc(Cn3ccnc3)cc2)C1. The molecular formula is C20H18N6O2. The highest BCUT2D eigenvalue weighted by Gasteiger charge is 2.29. The van der Waals surface area contributed by atoms with Gasteiger partial charge in [-0.3, -0.25) is 4.79 Å². The molecule has 3 heterocycles. The van der Waals surface area contributed by atoms with Gasteiger partial charge in [0.2, 0.25) is 5.69 Å². The van der Waals surface area contributed by atoms with Gasteiger partial charge in [0, 0.05) is 49.9 Å². The standard InChI is InChI=1S/C20H18N6O2/c21-11-18-19(24-7-6-23-18)28-17-5-9-26(13-17)20(27)16-3-1-15(2-4-16)12-25-10-8-22-14-25/h1-4,6-8,10,14,17H,5,9,12-13H2/t17-/m0/s1. The zero-order valence-electron chi connectivity index (χ0n) is 15.1. The Bertz CT molecular complexity index is 994.